The van der Waals surface area contributed by atoms with Crippen molar-refractivity contribution in [2.75, 3.05) is 19.8 Å². The molecule has 3 aliphatic rings. The lowest BCUT2D eigenvalue weighted by Gasteiger charge is -2.22. The molecule has 1 unspecified atom stereocenters. The SMILES string of the molecule is C1CCC(c2nc3c(n2C2CCOC2)CCNC3)C1. The Morgan fingerprint density at radius 1 is 1.21 bits per heavy atom. The van der Waals surface area contributed by atoms with E-state index in [4.69, 9.17) is 9.72 Å². The Balaban J connectivity index is 1.76. The fourth-order valence-corrected chi connectivity index (χ4v) is 3.96. The molecule has 4 rings (SSSR count). The summed E-state index contributed by atoms with van der Waals surface area (Å²) < 4.78 is 8.21. The Labute approximate surface area is 114 Å². The van der Waals surface area contributed by atoms with E-state index < -0.39 is 0 Å². The molecule has 1 aliphatic carbocycles. The Kier molecular flexibility index (Phi) is 3.08. The zero-order valence-corrected chi connectivity index (χ0v) is 11.5. The molecule has 1 N–H and O–H groups in total. The van der Waals surface area contributed by atoms with Crippen LogP contribution in [0.3, 0.4) is 0 Å². The third-order valence-corrected chi connectivity index (χ3v) is 4.94. The average Bonchev–Trinajstić information content (AvgIpc) is 3.17. The fraction of sp³-hybridized carbons (Fsp3) is 0.800. The summed E-state index contributed by atoms with van der Waals surface area (Å²) in [6.45, 7) is 3.85. The first kappa shape index (κ1) is 11.9. The number of nitrogens with zero attached hydrogens (tertiary/aromatic N) is 2. The number of rotatable bonds is 2. The molecule has 4 nitrogen and oxygen atoms in total. The minimum atomic E-state index is 0.546. The first-order valence-corrected chi connectivity index (χ1v) is 7.82. The van der Waals surface area contributed by atoms with Crippen LogP contribution < -0.4 is 5.32 Å². The van der Waals surface area contributed by atoms with E-state index in [9.17, 15) is 0 Å². The van der Waals surface area contributed by atoms with Crippen molar-refractivity contribution in [3.8, 4) is 0 Å². The number of ether oxygens (including phenoxy) is 1. The predicted octanol–water partition coefficient (Wildman–Crippen LogP) is 2.15. The molecule has 0 radical (unpaired) electrons. The first-order valence-electron chi connectivity index (χ1n) is 7.82. The maximum atomic E-state index is 5.63. The van der Waals surface area contributed by atoms with Crippen molar-refractivity contribution in [3.63, 3.8) is 0 Å². The molecule has 1 saturated heterocycles. The normalized spacial score (nSPS) is 27.9. The molecule has 4 heteroatoms. The van der Waals surface area contributed by atoms with Gasteiger partial charge in [0.15, 0.2) is 0 Å². The molecule has 19 heavy (non-hydrogen) atoms. The van der Waals surface area contributed by atoms with Crippen LogP contribution in [0.25, 0.3) is 0 Å². The number of aromatic nitrogens is 2. The molecule has 1 atom stereocenters. The minimum absolute atomic E-state index is 0.546. The van der Waals surface area contributed by atoms with Crippen molar-refractivity contribution in [2.45, 2.75) is 57.0 Å². The molecular formula is C15H23N3O. The van der Waals surface area contributed by atoms with Gasteiger partial charge in [-0.15, -0.1) is 0 Å². The Morgan fingerprint density at radius 3 is 2.89 bits per heavy atom. The molecule has 1 saturated carbocycles. The average molecular weight is 261 g/mol. The molecule has 0 amide bonds. The van der Waals surface area contributed by atoms with Gasteiger partial charge in [0.2, 0.25) is 0 Å². The number of nitrogens with one attached hydrogen (secondary N) is 1. The van der Waals surface area contributed by atoms with Gasteiger partial charge in [-0.1, -0.05) is 12.8 Å². The second kappa shape index (κ2) is 4.91. The van der Waals surface area contributed by atoms with Crippen LogP contribution in [0.4, 0.5) is 0 Å². The van der Waals surface area contributed by atoms with Crippen LogP contribution in [0, 0.1) is 0 Å². The highest BCUT2D eigenvalue weighted by atomic mass is 16.5. The van der Waals surface area contributed by atoms with Crippen LogP contribution in [-0.2, 0) is 17.7 Å². The summed E-state index contributed by atoms with van der Waals surface area (Å²) in [7, 11) is 0. The van der Waals surface area contributed by atoms with E-state index in [1.807, 2.05) is 0 Å². The molecule has 0 aromatic carbocycles. The monoisotopic (exact) mass is 261 g/mol. The minimum Gasteiger partial charge on any atom is -0.379 e. The summed E-state index contributed by atoms with van der Waals surface area (Å²) in [5, 5.41) is 3.46. The van der Waals surface area contributed by atoms with Crippen molar-refractivity contribution in [2.24, 2.45) is 0 Å². The number of imidazole rings is 1. The van der Waals surface area contributed by atoms with Crippen molar-refractivity contribution in [3.05, 3.63) is 17.2 Å². The maximum absolute atomic E-state index is 5.63. The van der Waals surface area contributed by atoms with Gasteiger partial charge in [-0.2, -0.15) is 0 Å². The molecule has 2 aliphatic heterocycles. The molecule has 104 valence electrons. The second-order valence-electron chi connectivity index (χ2n) is 6.16. The zero-order valence-electron chi connectivity index (χ0n) is 11.5. The predicted molar refractivity (Wildman–Crippen MR) is 73.3 cm³/mol. The van der Waals surface area contributed by atoms with E-state index in [2.05, 4.69) is 9.88 Å². The molecule has 1 aromatic heterocycles. The number of hydrogen-bond acceptors (Lipinski definition) is 3. The van der Waals surface area contributed by atoms with E-state index >= 15 is 0 Å². The second-order valence-corrected chi connectivity index (χ2v) is 6.16. The fourth-order valence-electron chi connectivity index (χ4n) is 3.96. The topological polar surface area (TPSA) is 39.1 Å². The molecule has 1 aromatic rings. The lowest BCUT2D eigenvalue weighted by atomic mass is 10.1. The standard InChI is InChI=1S/C15H23N3O/c1-2-4-11(3-1)15-17-13-9-16-7-5-14(13)18(15)12-6-8-19-10-12/h11-12,16H,1-10H2. The summed E-state index contributed by atoms with van der Waals surface area (Å²) >= 11 is 0. The summed E-state index contributed by atoms with van der Waals surface area (Å²) in [4.78, 5) is 5.02. The van der Waals surface area contributed by atoms with Gasteiger partial charge in [-0.3, -0.25) is 0 Å². The van der Waals surface area contributed by atoms with Crippen LogP contribution >= 0.6 is 0 Å². The third kappa shape index (κ3) is 2.01. The van der Waals surface area contributed by atoms with Crippen molar-refractivity contribution < 1.29 is 4.74 Å². The molecule has 3 heterocycles. The highest BCUT2D eigenvalue weighted by Crippen LogP contribution is 2.37. The zero-order chi connectivity index (χ0) is 12.7. The summed E-state index contributed by atoms with van der Waals surface area (Å²) in [6.07, 6.45) is 7.71. The van der Waals surface area contributed by atoms with Crippen LogP contribution in [0.2, 0.25) is 0 Å². The Bertz CT molecular complexity index is 456. The summed E-state index contributed by atoms with van der Waals surface area (Å²) in [5.41, 5.74) is 2.80. The van der Waals surface area contributed by atoms with Gasteiger partial charge in [0, 0.05) is 37.7 Å². The molecule has 0 spiro atoms. The van der Waals surface area contributed by atoms with Gasteiger partial charge < -0.3 is 14.6 Å². The van der Waals surface area contributed by atoms with Crippen LogP contribution in [0.5, 0.6) is 0 Å². The smallest absolute Gasteiger partial charge is 0.112 e. The highest BCUT2D eigenvalue weighted by molar-refractivity contribution is 5.24. The van der Waals surface area contributed by atoms with E-state index in [0.717, 1.165) is 39.1 Å². The molecule has 0 bridgehead atoms. The Hall–Kier alpha value is -0.870. The van der Waals surface area contributed by atoms with E-state index in [0.29, 0.717) is 12.0 Å². The Morgan fingerprint density at radius 2 is 2.11 bits per heavy atom. The van der Waals surface area contributed by atoms with E-state index in [1.54, 1.807) is 0 Å². The van der Waals surface area contributed by atoms with Gasteiger partial charge in [-0.25, -0.2) is 4.98 Å². The first-order chi connectivity index (χ1) is 9.43. The summed E-state index contributed by atoms with van der Waals surface area (Å²) in [6, 6.07) is 0.546. The number of fused-ring (bicyclic) bond motifs is 1. The third-order valence-electron chi connectivity index (χ3n) is 4.94. The quantitative estimate of drug-likeness (QED) is 0.886. The summed E-state index contributed by atoms with van der Waals surface area (Å²) in [5.74, 6) is 2.08. The number of hydrogen-bond donors (Lipinski definition) is 1. The van der Waals surface area contributed by atoms with Crippen LogP contribution in [0.15, 0.2) is 0 Å². The van der Waals surface area contributed by atoms with Crippen LogP contribution in [-0.4, -0.2) is 29.3 Å². The van der Waals surface area contributed by atoms with Gasteiger partial charge in [-0.05, 0) is 19.3 Å². The maximum Gasteiger partial charge on any atom is 0.112 e. The lowest BCUT2D eigenvalue weighted by molar-refractivity contribution is 0.185. The molecule has 2 fully saturated rings. The van der Waals surface area contributed by atoms with Gasteiger partial charge in [0.25, 0.3) is 0 Å². The van der Waals surface area contributed by atoms with Crippen molar-refractivity contribution in [1.29, 1.82) is 0 Å². The van der Waals surface area contributed by atoms with E-state index in [-0.39, 0.29) is 0 Å². The van der Waals surface area contributed by atoms with Crippen LogP contribution in [0.1, 0.15) is 61.3 Å². The lowest BCUT2D eigenvalue weighted by Crippen LogP contribution is -2.26. The van der Waals surface area contributed by atoms with Gasteiger partial charge in [0.05, 0.1) is 18.3 Å². The van der Waals surface area contributed by atoms with Gasteiger partial charge in [0.1, 0.15) is 5.82 Å². The highest BCUT2D eigenvalue weighted by Gasteiger charge is 2.31. The van der Waals surface area contributed by atoms with E-state index in [1.165, 1.54) is 42.9 Å². The van der Waals surface area contributed by atoms with Gasteiger partial charge >= 0.3 is 0 Å². The largest absolute Gasteiger partial charge is 0.379 e. The van der Waals surface area contributed by atoms with Crippen molar-refractivity contribution >= 4 is 0 Å². The molecular weight excluding hydrogens is 238 g/mol. The van der Waals surface area contributed by atoms with Crippen molar-refractivity contribution in [1.82, 2.24) is 14.9 Å².